The van der Waals surface area contributed by atoms with Gasteiger partial charge >= 0.3 is 12.1 Å². The lowest BCUT2D eigenvalue weighted by atomic mass is 9.93. The number of alkyl carbamates (subject to hydrolysis) is 1. The maximum Gasteiger partial charge on any atom is 0.407 e. The van der Waals surface area contributed by atoms with E-state index in [1.54, 1.807) is 0 Å². The molecule has 8 nitrogen and oxygen atoms in total. The fourth-order valence-electron chi connectivity index (χ4n) is 4.62. The number of rotatable bonds is 12. The zero-order chi connectivity index (χ0) is 25.4. The van der Waals surface area contributed by atoms with Crippen LogP contribution in [0.1, 0.15) is 50.2 Å². The predicted molar refractivity (Wildman–Crippen MR) is 132 cm³/mol. The second-order valence-electron chi connectivity index (χ2n) is 9.46. The number of fused-ring (bicyclic) bond motifs is 3. The fourth-order valence-corrected chi connectivity index (χ4v) is 4.62. The van der Waals surface area contributed by atoms with E-state index in [2.05, 4.69) is 34.9 Å². The number of hydrogen-bond acceptors (Lipinski definition) is 5. The Balaban J connectivity index is 1.50. The number of nitrogens with one attached hydrogen (secondary N) is 2. The number of aliphatic hydroxyl groups is 1. The molecule has 2 atom stereocenters. The lowest BCUT2D eigenvalue weighted by Crippen LogP contribution is -2.37. The molecule has 0 aromatic heterocycles. The van der Waals surface area contributed by atoms with Crippen LogP contribution in [0.4, 0.5) is 4.79 Å². The number of aliphatic carboxylic acids is 1. The second-order valence-corrected chi connectivity index (χ2v) is 9.46. The Kier molecular flexibility index (Phi) is 9.25. The number of hydrogen-bond donors (Lipinski definition) is 4. The molecule has 0 fully saturated rings. The summed E-state index contributed by atoms with van der Waals surface area (Å²) in [6.07, 6.45) is -1.23. The van der Waals surface area contributed by atoms with Gasteiger partial charge in [0.2, 0.25) is 5.91 Å². The molecular weight excluding hydrogens is 448 g/mol. The van der Waals surface area contributed by atoms with Gasteiger partial charge in [-0.3, -0.25) is 9.59 Å². The molecule has 0 spiro atoms. The molecule has 8 heteroatoms. The SMILES string of the molecule is CC(C)C[C@H](CNC(=O)OCC1c2ccccc2-c2ccccc21)CC(=O)NCC(O)CC(=O)O. The van der Waals surface area contributed by atoms with E-state index in [1.807, 2.05) is 38.1 Å². The molecule has 2 amide bonds. The van der Waals surface area contributed by atoms with Crippen molar-refractivity contribution >= 4 is 18.0 Å². The zero-order valence-electron chi connectivity index (χ0n) is 20.2. The van der Waals surface area contributed by atoms with Crippen molar-refractivity contribution in [3.05, 3.63) is 59.7 Å². The molecule has 1 aliphatic carbocycles. The summed E-state index contributed by atoms with van der Waals surface area (Å²) >= 11 is 0. The van der Waals surface area contributed by atoms with Gasteiger partial charge in [0.15, 0.2) is 0 Å². The van der Waals surface area contributed by atoms with E-state index < -0.39 is 24.6 Å². The Morgan fingerprint density at radius 3 is 2.09 bits per heavy atom. The largest absolute Gasteiger partial charge is 0.481 e. The molecule has 2 aromatic carbocycles. The maximum absolute atomic E-state index is 12.5. The van der Waals surface area contributed by atoms with Crippen LogP contribution in [0, 0.1) is 11.8 Å². The molecule has 35 heavy (non-hydrogen) atoms. The Morgan fingerprint density at radius 2 is 1.51 bits per heavy atom. The van der Waals surface area contributed by atoms with E-state index >= 15 is 0 Å². The average molecular weight is 483 g/mol. The molecule has 0 heterocycles. The Hall–Kier alpha value is -3.39. The van der Waals surface area contributed by atoms with Crippen LogP contribution in [0.5, 0.6) is 0 Å². The van der Waals surface area contributed by atoms with E-state index in [0.29, 0.717) is 5.92 Å². The van der Waals surface area contributed by atoms with Gasteiger partial charge in [0.05, 0.1) is 12.5 Å². The summed E-state index contributed by atoms with van der Waals surface area (Å²) in [5.41, 5.74) is 4.60. The first-order chi connectivity index (χ1) is 16.7. The van der Waals surface area contributed by atoms with Crippen LogP contribution in [0.3, 0.4) is 0 Å². The Labute approximate surface area is 205 Å². The Morgan fingerprint density at radius 1 is 0.914 bits per heavy atom. The minimum absolute atomic E-state index is 0.0254. The topological polar surface area (TPSA) is 125 Å². The summed E-state index contributed by atoms with van der Waals surface area (Å²) in [7, 11) is 0. The van der Waals surface area contributed by atoms with Crippen LogP contribution in [0.15, 0.2) is 48.5 Å². The molecule has 2 aromatic rings. The highest BCUT2D eigenvalue weighted by atomic mass is 16.5. The van der Waals surface area contributed by atoms with E-state index in [9.17, 15) is 19.5 Å². The van der Waals surface area contributed by atoms with Gasteiger partial charge in [-0.1, -0.05) is 62.4 Å². The minimum atomic E-state index is -1.14. The molecule has 0 radical (unpaired) electrons. The molecule has 1 unspecified atom stereocenters. The average Bonchev–Trinajstić information content (AvgIpc) is 3.13. The summed E-state index contributed by atoms with van der Waals surface area (Å²) in [5, 5.41) is 23.7. The quantitative estimate of drug-likeness (QED) is 0.367. The molecule has 188 valence electrons. The summed E-state index contributed by atoms with van der Waals surface area (Å²) in [4.78, 5) is 35.4. The monoisotopic (exact) mass is 482 g/mol. The molecule has 1 aliphatic rings. The highest BCUT2D eigenvalue weighted by molar-refractivity contribution is 5.79. The number of amides is 2. The van der Waals surface area contributed by atoms with Crippen LogP contribution >= 0.6 is 0 Å². The summed E-state index contributed by atoms with van der Waals surface area (Å²) in [6.45, 7) is 4.44. The summed E-state index contributed by atoms with van der Waals surface area (Å²) < 4.78 is 5.58. The first kappa shape index (κ1) is 26.2. The standard InChI is InChI=1S/C27H34N2O6/c1-17(2)11-18(12-25(31)28-15-19(30)13-26(32)33)14-29-27(34)35-16-24-22-9-5-3-7-20(22)21-8-4-6-10-23(21)24/h3-10,17-19,24,30H,11-16H2,1-2H3,(H,28,31)(H,29,34)(H,32,33)/t18-,19?/m0/s1. The van der Waals surface area contributed by atoms with Crippen molar-refractivity contribution in [2.45, 2.75) is 45.1 Å². The number of aliphatic hydroxyl groups excluding tert-OH is 1. The van der Waals surface area contributed by atoms with Gasteiger partial charge in [-0.05, 0) is 40.5 Å². The van der Waals surface area contributed by atoms with Gasteiger partial charge in [-0.15, -0.1) is 0 Å². The zero-order valence-corrected chi connectivity index (χ0v) is 20.2. The van der Waals surface area contributed by atoms with Crippen molar-refractivity contribution in [2.75, 3.05) is 19.7 Å². The summed E-state index contributed by atoms with van der Waals surface area (Å²) in [6, 6.07) is 16.3. The number of carbonyl (C=O) groups is 3. The lowest BCUT2D eigenvalue weighted by Gasteiger charge is -2.20. The maximum atomic E-state index is 12.5. The van der Waals surface area contributed by atoms with Gasteiger partial charge in [0.1, 0.15) is 6.61 Å². The van der Waals surface area contributed by atoms with Gasteiger partial charge in [-0.2, -0.15) is 0 Å². The van der Waals surface area contributed by atoms with E-state index in [1.165, 1.54) is 0 Å². The molecular formula is C27H34N2O6. The first-order valence-corrected chi connectivity index (χ1v) is 12.0. The number of ether oxygens (including phenoxy) is 1. The van der Waals surface area contributed by atoms with Crippen LogP contribution in [-0.2, 0) is 14.3 Å². The van der Waals surface area contributed by atoms with Crippen LogP contribution in [-0.4, -0.2) is 54.0 Å². The van der Waals surface area contributed by atoms with Crippen molar-refractivity contribution in [1.29, 1.82) is 0 Å². The van der Waals surface area contributed by atoms with Crippen LogP contribution < -0.4 is 10.6 Å². The van der Waals surface area contributed by atoms with Crippen LogP contribution in [0.25, 0.3) is 11.1 Å². The number of carbonyl (C=O) groups excluding carboxylic acids is 2. The van der Waals surface area contributed by atoms with E-state index in [0.717, 1.165) is 28.7 Å². The van der Waals surface area contributed by atoms with E-state index in [-0.39, 0.29) is 43.9 Å². The Bertz CT molecular complexity index is 992. The summed E-state index contributed by atoms with van der Waals surface area (Å²) in [5.74, 6) is -1.25. The third-order valence-corrected chi connectivity index (χ3v) is 6.10. The lowest BCUT2D eigenvalue weighted by molar-refractivity contribution is -0.139. The van der Waals surface area contributed by atoms with Gasteiger partial charge in [0.25, 0.3) is 0 Å². The predicted octanol–water partition coefficient (Wildman–Crippen LogP) is 3.53. The molecule has 0 bridgehead atoms. The van der Waals surface area contributed by atoms with Crippen molar-refractivity contribution < 1.29 is 29.3 Å². The van der Waals surface area contributed by atoms with Gasteiger partial charge < -0.3 is 25.6 Å². The fraction of sp³-hybridized carbons (Fsp3) is 0.444. The third kappa shape index (κ3) is 7.55. The van der Waals surface area contributed by atoms with Crippen molar-refractivity contribution in [1.82, 2.24) is 10.6 Å². The third-order valence-electron chi connectivity index (χ3n) is 6.10. The van der Waals surface area contributed by atoms with Gasteiger partial charge in [0, 0.05) is 25.4 Å². The molecule has 0 saturated heterocycles. The number of carboxylic acids is 1. The number of carboxylic acid groups (broad SMARTS) is 1. The van der Waals surface area contributed by atoms with Crippen molar-refractivity contribution in [3.63, 3.8) is 0 Å². The minimum Gasteiger partial charge on any atom is -0.481 e. The second kappa shape index (κ2) is 12.4. The van der Waals surface area contributed by atoms with E-state index in [4.69, 9.17) is 9.84 Å². The molecule has 3 rings (SSSR count). The van der Waals surface area contributed by atoms with Gasteiger partial charge in [-0.25, -0.2) is 4.79 Å². The normalized spacial score (nSPS) is 14.1. The van der Waals surface area contributed by atoms with Crippen molar-refractivity contribution in [2.24, 2.45) is 11.8 Å². The number of benzene rings is 2. The highest BCUT2D eigenvalue weighted by Gasteiger charge is 2.29. The van der Waals surface area contributed by atoms with Crippen LogP contribution in [0.2, 0.25) is 0 Å². The molecule has 4 N–H and O–H groups in total. The molecule has 0 saturated carbocycles. The first-order valence-electron chi connectivity index (χ1n) is 12.0. The highest BCUT2D eigenvalue weighted by Crippen LogP contribution is 2.44. The smallest absolute Gasteiger partial charge is 0.407 e. The van der Waals surface area contributed by atoms with Crippen molar-refractivity contribution in [3.8, 4) is 11.1 Å². The molecule has 0 aliphatic heterocycles.